The fourth-order valence-corrected chi connectivity index (χ4v) is 1.15. The van der Waals surface area contributed by atoms with Gasteiger partial charge in [-0.2, -0.15) is 0 Å². The number of benzene rings is 1. The zero-order valence-electron chi connectivity index (χ0n) is 26.6. The molecule has 0 heterocycles. The molecule has 0 aliphatic heterocycles. The van der Waals surface area contributed by atoms with Crippen LogP contribution in [0, 0.1) is 0 Å². The molecule has 0 bridgehead atoms. The molecule has 0 saturated heterocycles. The number of ether oxygens (including phenoxy) is 2. The second kappa shape index (κ2) is 10.2. The van der Waals surface area contributed by atoms with E-state index in [1.54, 1.807) is 4.99 Å². The molecule has 0 aliphatic carbocycles. The molecular formula is C16H24N3O4+. The van der Waals surface area contributed by atoms with Gasteiger partial charge in [-0.25, -0.2) is 4.79 Å². The minimum Gasteiger partial charge on any atom is -0.462 e. The number of nitrogens with two attached hydrogens (primary N) is 2. The van der Waals surface area contributed by atoms with Gasteiger partial charge in [-0.3, -0.25) is 21.3 Å². The molecule has 5 N–H and O–H groups in total. The average Bonchev–Trinajstić information content (AvgIpc) is 2.71. The van der Waals surface area contributed by atoms with Crippen molar-refractivity contribution in [1.82, 2.24) is 0 Å². The highest BCUT2D eigenvalue weighted by Gasteiger charge is 2.08. The molecule has 1 aromatic carbocycles. The molecule has 0 amide bonds. The van der Waals surface area contributed by atoms with Crippen LogP contribution in [-0.4, -0.2) is 31.0 Å². The van der Waals surface area contributed by atoms with Crippen LogP contribution in [0.1, 0.15) is 63.3 Å². The maximum atomic E-state index is 12.5. The summed E-state index contributed by atoms with van der Waals surface area (Å²) >= 11 is 0. The molecular weight excluding hydrogens is 298 g/mol. The Balaban J connectivity index is 3.22. The third-order valence-electron chi connectivity index (χ3n) is 2.00. The van der Waals surface area contributed by atoms with Gasteiger partial charge in [0.15, 0.2) is 0 Å². The van der Waals surface area contributed by atoms with Crippen LogP contribution in [0.15, 0.2) is 24.3 Å². The normalized spacial score (nSPS) is 23.9. The molecule has 0 aliphatic rings. The van der Waals surface area contributed by atoms with Crippen LogP contribution in [0.4, 0.5) is 0 Å². The number of hydrogen-bond donors (Lipinski definition) is 3. The van der Waals surface area contributed by atoms with Gasteiger partial charge in [0.2, 0.25) is 0 Å². The number of rotatable bonds is 9. The maximum absolute atomic E-state index is 12.5. The van der Waals surface area contributed by atoms with Crippen LogP contribution in [-0.2, 0) is 9.53 Å². The van der Waals surface area contributed by atoms with Gasteiger partial charge in [-0.15, -0.1) is 0 Å². The van der Waals surface area contributed by atoms with Crippen LogP contribution in [0.3, 0.4) is 0 Å². The van der Waals surface area contributed by atoms with Crippen molar-refractivity contribution >= 4 is 17.9 Å². The van der Waals surface area contributed by atoms with Crippen molar-refractivity contribution < 1.29 is 44.6 Å². The van der Waals surface area contributed by atoms with Crippen molar-refractivity contribution in [3.8, 4) is 5.75 Å². The van der Waals surface area contributed by atoms with Crippen LogP contribution in [0.5, 0.6) is 5.75 Å². The van der Waals surface area contributed by atoms with E-state index in [0.29, 0.717) is 0 Å². The van der Waals surface area contributed by atoms with Crippen molar-refractivity contribution in [1.29, 1.82) is 0 Å². The van der Waals surface area contributed by atoms with Gasteiger partial charge in [0.1, 0.15) is 5.75 Å². The largest absolute Gasteiger partial charge is 0.462 e. The summed E-state index contributed by atoms with van der Waals surface area (Å²) in [7, 11) is 0. The van der Waals surface area contributed by atoms with Gasteiger partial charge in [0.05, 0.1) is 24.1 Å². The van der Waals surface area contributed by atoms with Crippen molar-refractivity contribution in [3.63, 3.8) is 0 Å². The predicted molar refractivity (Wildman–Crippen MR) is 85.7 cm³/mol. The van der Waals surface area contributed by atoms with E-state index < -0.39 is 74.6 Å². The van der Waals surface area contributed by atoms with E-state index in [9.17, 15) is 9.59 Å². The van der Waals surface area contributed by atoms with Gasteiger partial charge in [0, 0.05) is 21.5 Å². The Bertz CT molecular complexity index is 1080. The van der Waals surface area contributed by atoms with Crippen LogP contribution < -0.4 is 21.2 Å². The van der Waals surface area contributed by atoms with E-state index in [2.05, 4.69) is 4.74 Å². The topological polar surface area (TPSA) is 119 Å². The summed E-state index contributed by atoms with van der Waals surface area (Å²) in [5.41, 5.74) is 9.72. The lowest BCUT2D eigenvalue weighted by Crippen LogP contribution is -2.78. The smallest absolute Gasteiger partial charge is 0.338 e. The van der Waals surface area contributed by atoms with Crippen molar-refractivity contribution in [2.24, 2.45) is 11.5 Å². The highest BCUT2D eigenvalue weighted by Crippen LogP contribution is 2.14. The molecule has 1 rings (SSSR count). The van der Waals surface area contributed by atoms with Gasteiger partial charge in [-0.05, 0) is 50.2 Å². The fourth-order valence-electron chi connectivity index (χ4n) is 1.15. The lowest BCUT2D eigenvalue weighted by Gasteiger charge is -2.05. The summed E-state index contributed by atoms with van der Waals surface area (Å²) in [6.07, 6.45) is -16.0. The van der Waals surface area contributed by atoms with Crippen molar-refractivity contribution in [3.05, 3.63) is 29.8 Å². The molecule has 0 spiro atoms. The number of carbonyl (C=O) groups is 2. The summed E-state index contributed by atoms with van der Waals surface area (Å²) in [6.45, 7) is -10.1. The molecule has 0 saturated carbocycles. The van der Waals surface area contributed by atoms with E-state index in [0.717, 1.165) is 24.3 Å². The molecule has 0 fully saturated rings. The predicted octanol–water partition coefficient (Wildman–Crippen LogP) is -0.317. The Morgan fingerprint density at radius 3 is 2.61 bits per heavy atom. The molecule has 126 valence electrons. The second-order valence-electron chi connectivity index (χ2n) is 3.61. The first kappa shape index (κ1) is 6.14. The lowest BCUT2D eigenvalue weighted by atomic mass is 10.2. The fraction of sp³-hybridized carbons (Fsp3) is 0.438. The summed E-state index contributed by atoms with van der Waals surface area (Å²) in [5.74, 6) is -4.89. The first-order valence-corrected chi connectivity index (χ1v) is 5.87. The van der Waals surface area contributed by atoms with E-state index in [1.807, 2.05) is 0 Å². The third kappa shape index (κ3) is 7.85. The average molecular weight is 337 g/mol. The van der Waals surface area contributed by atoms with Gasteiger partial charge in [-0.1, -0.05) is 0 Å². The Labute approximate surface area is 156 Å². The number of carbonyl (C=O) groups excluding carboxylic acids is 2. The first-order chi connectivity index (χ1) is 16.7. The minimum absolute atomic E-state index is 0.411. The molecule has 7 heteroatoms. The molecule has 0 unspecified atom stereocenters. The Hall–Kier alpha value is -2.57. The van der Waals surface area contributed by atoms with E-state index in [-0.39, 0.29) is 0 Å². The Morgan fingerprint density at radius 1 is 1.22 bits per heavy atom. The summed E-state index contributed by atoms with van der Waals surface area (Å²) in [6, 6.07) is 3.44. The van der Waals surface area contributed by atoms with Gasteiger partial charge in [0.25, 0.3) is 0 Å². The van der Waals surface area contributed by atoms with Gasteiger partial charge >= 0.3 is 17.9 Å². The van der Waals surface area contributed by atoms with Crippen molar-refractivity contribution in [2.45, 2.75) is 32.3 Å². The quantitative estimate of drug-likeness (QED) is 0.246. The number of nitrogens with one attached hydrogen (secondary N) is 1. The number of guanidine groups is 1. The summed E-state index contributed by atoms with van der Waals surface area (Å²) < 4.78 is 123. The summed E-state index contributed by atoms with van der Waals surface area (Å²) in [4.78, 5) is 26.1. The van der Waals surface area contributed by atoms with E-state index in [1.165, 1.54) is 0 Å². The minimum atomic E-state index is -4.08. The number of esters is 2. The first-order valence-electron chi connectivity index (χ1n) is 13.4. The number of hydrogen-bond acceptors (Lipinski definition) is 4. The van der Waals surface area contributed by atoms with Crippen LogP contribution >= 0.6 is 0 Å². The van der Waals surface area contributed by atoms with E-state index in [4.69, 9.17) is 36.8 Å². The highest BCUT2D eigenvalue weighted by atomic mass is 16.5. The molecule has 0 radical (unpaired) electrons. The van der Waals surface area contributed by atoms with Crippen LogP contribution in [0.25, 0.3) is 0 Å². The van der Waals surface area contributed by atoms with Crippen LogP contribution in [0.2, 0.25) is 0 Å². The lowest BCUT2D eigenvalue weighted by molar-refractivity contribution is -0.459. The molecule has 23 heavy (non-hydrogen) atoms. The molecule has 0 atom stereocenters. The zero-order valence-corrected chi connectivity index (χ0v) is 11.6. The monoisotopic (exact) mass is 337 g/mol. The standard InChI is InChI=1S/C16H23N3O4/c1-2-22-15(21)12-7-9-13(10-8-12)23-14(20)6-4-3-5-11-19-16(17)18/h7-10H,2-6,11H2,1H3,(H4,17,18,19)/p+1/i1D3,2D2,3D2,4D2,5D2,6D2,11D2. The maximum Gasteiger partial charge on any atom is 0.338 e. The summed E-state index contributed by atoms with van der Waals surface area (Å²) in [5, 5.41) is 0. The molecule has 7 nitrogen and oxygen atoms in total. The second-order valence-corrected chi connectivity index (χ2v) is 3.61. The highest BCUT2D eigenvalue weighted by molar-refractivity contribution is 5.89. The van der Waals surface area contributed by atoms with Gasteiger partial charge < -0.3 is 9.47 Å². The third-order valence-corrected chi connectivity index (χ3v) is 2.00. The SMILES string of the molecule is [2H]C([2H])([2H])C([2H])([2H])OC(=O)c1ccc(OC(=O)C([2H])([2H])C([2H])([2H])C([2H])([2H])C([2H])([2H])C([2H])([2H])[NH+]=C(N)N)cc1. The van der Waals surface area contributed by atoms with E-state index >= 15 is 0 Å². The molecule has 1 aromatic rings. The van der Waals surface area contributed by atoms with Crippen molar-refractivity contribution in [2.75, 3.05) is 13.1 Å². The zero-order chi connectivity index (χ0) is 30.3. The Kier molecular flexibility index (Phi) is 2.73. The molecule has 0 aromatic heterocycles. The Morgan fingerprint density at radius 2 is 1.96 bits per heavy atom.